The van der Waals surface area contributed by atoms with E-state index in [1.54, 1.807) is 7.05 Å². The van der Waals surface area contributed by atoms with Gasteiger partial charge in [-0.2, -0.15) is 0 Å². The Kier molecular flexibility index (Phi) is 4.99. The van der Waals surface area contributed by atoms with E-state index in [9.17, 15) is 9.59 Å². The second kappa shape index (κ2) is 7.16. The second-order valence-electron chi connectivity index (χ2n) is 6.79. The Balaban J connectivity index is 1.60. The lowest BCUT2D eigenvalue weighted by Crippen LogP contribution is -2.39. The van der Waals surface area contributed by atoms with E-state index in [-0.39, 0.29) is 11.8 Å². The maximum atomic E-state index is 12.7. The number of amides is 2. The van der Waals surface area contributed by atoms with Crippen molar-refractivity contribution in [3.63, 3.8) is 0 Å². The maximum absolute atomic E-state index is 12.7. The van der Waals surface area contributed by atoms with Gasteiger partial charge in [-0.15, -0.1) is 0 Å². The maximum Gasteiger partial charge on any atom is 0.251 e. The van der Waals surface area contributed by atoms with Crippen molar-refractivity contribution in [1.82, 2.24) is 10.2 Å². The van der Waals surface area contributed by atoms with E-state index in [1.807, 2.05) is 24.3 Å². The van der Waals surface area contributed by atoms with Crippen LogP contribution in [0.15, 0.2) is 24.3 Å². The van der Waals surface area contributed by atoms with Gasteiger partial charge in [-0.1, -0.05) is 31.4 Å². The van der Waals surface area contributed by atoms with Crippen molar-refractivity contribution in [2.45, 2.75) is 51.0 Å². The Morgan fingerprint density at radius 1 is 1.13 bits per heavy atom. The summed E-state index contributed by atoms with van der Waals surface area (Å²) in [5, 5.41) is 2.62. The summed E-state index contributed by atoms with van der Waals surface area (Å²) in [6, 6.07) is 8.11. The van der Waals surface area contributed by atoms with Gasteiger partial charge < -0.3 is 10.2 Å². The minimum Gasteiger partial charge on any atom is -0.355 e. The van der Waals surface area contributed by atoms with Crippen LogP contribution in [-0.4, -0.2) is 36.3 Å². The van der Waals surface area contributed by atoms with Gasteiger partial charge in [-0.05, 0) is 43.4 Å². The number of benzene rings is 1. The molecule has 2 fully saturated rings. The van der Waals surface area contributed by atoms with E-state index >= 15 is 0 Å². The predicted octanol–water partition coefficient (Wildman–Crippen LogP) is 2.77. The summed E-state index contributed by atoms with van der Waals surface area (Å²) in [6.45, 7) is 0.921. The van der Waals surface area contributed by atoms with Crippen LogP contribution in [0.3, 0.4) is 0 Å². The molecule has 1 aliphatic carbocycles. The molecule has 1 saturated carbocycles. The lowest BCUT2D eigenvalue weighted by Gasteiger charge is -2.31. The first-order valence-corrected chi connectivity index (χ1v) is 8.80. The molecule has 3 rings (SSSR count). The fraction of sp³-hybridized carbons (Fsp3) is 0.579. The highest BCUT2D eigenvalue weighted by atomic mass is 16.2. The molecule has 1 unspecified atom stereocenters. The minimum atomic E-state index is -0.0723. The molecule has 4 heteroatoms. The van der Waals surface area contributed by atoms with E-state index in [2.05, 4.69) is 10.2 Å². The Morgan fingerprint density at radius 3 is 2.48 bits per heavy atom. The number of nitrogens with one attached hydrogen (secondary N) is 1. The third-order valence-electron chi connectivity index (χ3n) is 5.29. The number of hydrogen-bond acceptors (Lipinski definition) is 2. The fourth-order valence-electron chi connectivity index (χ4n) is 3.93. The SMILES string of the molecule is CNC(=O)c1ccc(CC2CCN(C3CCCCC3)C2=O)cc1. The average Bonchev–Trinajstić information content (AvgIpc) is 2.96. The van der Waals surface area contributed by atoms with Crippen LogP contribution in [0.5, 0.6) is 0 Å². The summed E-state index contributed by atoms with van der Waals surface area (Å²) < 4.78 is 0. The van der Waals surface area contributed by atoms with Crippen LogP contribution >= 0.6 is 0 Å². The van der Waals surface area contributed by atoms with Crippen molar-refractivity contribution >= 4 is 11.8 Å². The molecule has 4 nitrogen and oxygen atoms in total. The van der Waals surface area contributed by atoms with E-state index in [1.165, 1.54) is 32.1 Å². The molecule has 2 amide bonds. The molecule has 1 aromatic rings. The highest BCUT2D eigenvalue weighted by Crippen LogP contribution is 2.30. The van der Waals surface area contributed by atoms with E-state index in [4.69, 9.17) is 0 Å². The Hall–Kier alpha value is -1.84. The molecule has 23 heavy (non-hydrogen) atoms. The Labute approximate surface area is 138 Å². The molecule has 0 bridgehead atoms. The van der Waals surface area contributed by atoms with Gasteiger partial charge in [0.2, 0.25) is 5.91 Å². The molecule has 2 aliphatic rings. The van der Waals surface area contributed by atoms with Crippen molar-refractivity contribution in [1.29, 1.82) is 0 Å². The highest BCUT2D eigenvalue weighted by Gasteiger charge is 2.35. The zero-order valence-electron chi connectivity index (χ0n) is 13.9. The summed E-state index contributed by atoms with van der Waals surface area (Å²) in [5.41, 5.74) is 1.80. The quantitative estimate of drug-likeness (QED) is 0.929. The van der Waals surface area contributed by atoms with Crippen molar-refractivity contribution < 1.29 is 9.59 Å². The van der Waals surface area contributed by atoms with Crippen LogP contribution in [0.1, 0.15) is 54.4 Å². The van der Waals surface area contributed by atoms with E-state index < -0.39 is 0 Å². The van der Waals surface area contributed by atoms with Crippen LogP contribution in [0, 0.1) is 5.92 Å². The van der Waals surface area contributed by atoms with Crippen LogP contribution in [-0.2, 0) is 11.2 Å². The van der Waals surface area contributed by atoms with Crippen molar-refractivity contribution in [3.05, 3.63) is 35.4 Å². The molecule has 1 saturated heterocycles. The van der Waals surface area contributed by atoms with Gasteiger partial charge in [0, 0.05) is 31.1 Å². The normalized spacial score (nSPS) is 22.4. The third kappa shape index (κ3) is 3.57. The molecule has 1 heterocycles. The predicted molar refractivity (Wildman–Crippen MR) is 90.2 cm³/mol. The van der Waals surface area contributed by atoms with Crippen LogP contribution in [0.25, 0.3) is 0 Å². The number of carbonyl (C=O) groups excluding carboxylic acids is 2. The van der Waals surface area contributed by atoms with Crippen molar-refractivity contribution in [2.24, 2.45) is 5.92 Å². The number of hydrogen-bond donors (Lipinski definition) is 1. The van der Waals surface area contributed by atoms with Crippen LogP contribution in [0.2, 0.25) is 0 Å². The first kappa shape index (κ1) is 16.0. The van der Waals surface area contributed by atoms with E-state index in [0.717, 1.165) is 24.9 Å². The van der Waals surface area contributed by atoms with Gasteiger partial charge in [0.05, 0.1) is 0 Å². The minimum absolute atomic E-state index is 0.0723. The van der Waals surface area contributed by atoms with Gasteiger partial charge in [0.25, 0.3) is 5.91 Å². The average molecular weight is 314 g/mol. The van der Waals surface area contributed by atoms with Crippen molar-refractivity contribution in [3.8, 4) is 0 Å². The molecule has 1 aromatic carbocycles. The number of carbonyl (C=O) groups is 2. The van der Waals surface area contributed by atoms with Gasteiger partial charge in [0.15, 0.2) is 0 Å². The molecular weight excluding hydrogens is 288 g/mol. The Morgan fingerprint density at radius 2 is 1.83 bits per heavy atom. The van der Waals surface area contributed by atoms with Crippen LogP contribution in [0.4, 0.5) is 0 Å². The topological polar surface area (TPSA) is 49.4 Å². The zero-order valence-corrected chi connectivity index (χ0v) is 13.9. The monoisotopic (exact) mass is 314 g/mol. The molecular formula is C19H26N2O2. The highest BCUT2D eigenvalue weighted by molar-refractivity contribution is 5.94. The number of rotatable bonds is 4. The van der Waals surface area contributed by atoms with Gasteiger partial charge in [-0.3, -0.25) is 9.59 Å². The van der Waals surface area contributed by atoms with Gasteiger partial charge >= 0.3 is 0 Å². The lowest BCUT2D eigenvalue weighted by molar-refractivity contribution is -0.133. The summed E-state index contributed by atoms with van der Waals surface area (Å²) >= 11 is 0. The Bertz CT molecular complexity index is 561. The molecule has 124 valence electrons. The standard InChI is InChI=1S/C19H26N2O2/c1-20-18(22)15-9-7-14(8-10-15)13-16-11-12-21(19(16)23)17-5-3-2-4-6-17/h7-10,16-17H,2-6,11-13H2,1H3,(H,20,22). The first-order chi connectivity index (χ1) is 11.2. The summed E-state index contributed by atoms with van der Waals surface area (Å²) in [5.74, 6) is 0.382. The smallest absolute Gasteiger partial charge is 0.251 e. The molecule has 1 N–H and O–H groups in total. The zero-order chi connectivity index (χ0) is 16.2. The fourth-order valence-corrected chi connectivity index (χ4v) is 3.93. The number of likely N-dealkylation sites (tertiary alicyclic amines) is 1. The summed E-state index contributed by atoms with van der Waals surface area (Å²) in [7, 11) is 1.63. The summed E-state index contributed by atoms with van der Waals surface area (Å²) in [6.07, 6.45) is 7.96. The lowest BCUT2D eigenvalue weighted by atomic mass is 9.94. The largest absolute Gasteiger partial charge is 0.355 e. The van der Waals surface area contributed by atoms with Gasteiger partial charge in [-0.25, -0.2) is 0 Å². The molecule has 0 aromatic heterocycles. The second-order valence-corrected chi connectivity index (χ2v) is 6.79. The molecule has 1 aliphatic heterocycles. The van der Waals surface area contributed by atoms with Crippen LogP contribution < -0.4 is 5.32 Å². The third-order valence-corrected chi connectivity index (χ3v) is 5.29. The summed E-state index contributed by atoms with van der Waals surface area (Å²) in [4.78, 5) is 26.4. The first-order valence-electron chi connectivity index (χ1n) is 8.80. The molecule has 1 atom stereocenters. The van der Waals surface area contributed by atoms with E-state index in [0.29, 0.717) is 17.5 Å². The number of nitrogens with zero attached hydrogens (tertiary/aromatic N) is 1. The van der Waals surface area contributed by atoms with Gasteiger partial charge in [0.1, 0.15) is 0 Å². The molecule has 0 spiro atoms. The van der Waals surface area contributed by atoms with Crippen molar-refractivity contribution in [2.75, 3.05) is 13.6 Å². The molecule has 0 radical (unpaired) electrons.